The van der Waals surface area contributed by atoms with Crippen LogP contribution in [-0.2, 0) is 16.6 Å². The fourth-order valence-corrected chi connectivity index (χ4v) is 3.99. The summed E-state index contributed by atoms with van der Waals surface area (Å²) in [7, 11) is -3.91. The summed E-state index contributed by atoms with van der Waals surface area (Å²) < 4.78 is 33.4. The van der Waals surface area contributed by atoms with Crippen molar-refractivity contribution >= 4 is 32.4 Å². The van der Waals surface area contributed by atoms with Crippen LogP contribution in [0.15, 0.2) is 88.6 Å². The highest BCUT2D eigenvalue weighted by Gasteiger charge is 2.19. The Balaban J connectivity index is 1.58. The average molecular weight is 407 g/mol. The molecule has 0 saturated carbocycles. The number of hydrogen-bond acceptors (Lipinski definition) is 5. The predicted octanol–water partition coefficient (Wildman–Crippen LogP) is 3.56. The van der Waals surface area contributed by atoms with Crippen molar-refractivity contribution in [2.45, 2.75) is 11.4 Å². The van der Waals surface area contributed by atoms with E-state index in [0.29, 0.717) is 5.76 Å². The molecule has 2 N–H and O–H groups in total. The van der Waals surface area contributed by atoms with Crippen LogP contribution >= 0.6 is 0 Å². The van der Waals surface area contributed by atoms with Crippen molar-refractivity contribution < 1.29 is 17.6 Å². The minimum Gasteiger partial charge on any atom is -0.467 e. The number of carbonyl (C=O) groups excluding carboxylic acids is 1. The van der Waals surface area contributed by atoms with Crippen LogP contribution in [0, 0.1) is 0 Å². The highest BCUT2D eigenvalue weighted by Crippen LogP contribution is 2.23. The van der Waals surface area contributed by atoms with Crippen molar-refractivity contribution in [3.8, 4) is 0 Å². The third-order valence-corrected chi connectivity index (χ3v) is 5.71. The van der Waals surface area contributed by atoms with Crippen LogP contribution in [0.5, 0.6) is 0 Å². The smallest absolute Gasteiger partial charge is 0.261 e. The molecule has 0 fully saturated rings. The number of amides is 1. The van der Waals surface area contributed by atoms with E-state index in [1.807, 2.05) is 24.3 Å². The molecule has 8 heteroatoms. The van der Waals surface area contributed by atoms with Crippen molar-refractivity contribution in [2.24, 2.45) is 0 Å². The number of rotatable bonds is 6. The van der Waals surface area contributed by atoms with Gasteiger partial charge in [-0.2, -0.15) is 0 Å². The first-order valence-corrected chi connectivity index (χ1v) is 10.3. The van der Waals surface area contributed by atoms with Gasteiger partial charge in [-0.25, -0.2) is 8.42 Å². The Labute approximate surface area is 167 Å². The molecule has 2 aromatic carbocycles. The fourth-order valence-electron chi connectivity index (χ4n) is 2.89. The molecule has 0 radical (unpaired) electrons. The summed E-state index contributed by atoms with van der Waals surface area (Å²) in [5, 5.41) is 4.44. The lowest BCUT2D eigenvalue weighted by Gasteiger charge is -2.12. The predicted molar refractivity (Wildman–Crippen MR) is 109 cm³/mol. The van der Waals surface area contributed by atoms with Gasteiger partial charge in [0, 0.05) is 6.20 Å². The van der Waals surface area contributed by atoms with E-state index in [9.17, 15) is 13.2 Å². The van der Waals surface area contributed by atoms with Crippen molar-refractivity contribution in [1.82, 2.24) is 10.3 Å². The van der Waals surface area contributed by atoms with E-state index in [1.165, 1.54) is 30.8 Å². The van der Waals surface area contributed by atoms with Crippen LogP contribution in [0.25, 0.3) is 10.8 Å². The monoisotopic (exact) mass is 407 g/mol. The molecule has 7 nitrogen and oxygen atoms in total. The van der Waals surface area contributed by atoms with E-state index < -0.39 is 15.9 Å². The van der Waals surface area contributed by atoms with Gasteiger partial charge in [-0.15, -0.1) is 0 Å². The molecule has 29 heavy (non-hydrogen) atoms. The summed E-state index contributed by atoms with van der Waals surface area (Å²) in [4.78, 5) is 16.6. The van der Waals surface area contributed by atoms with E-state index in [1.54, 1.807) is 24.3 Å². The molecular weight excluding hydrogens is 390 g/mol. The number of pyridine rings is 1. The van der Waals surface area contributed by atoms with Gasteiger partial charge in [0.25, 0.3) is 15.9 Å². The van der Waals surface area contributed by atoms with Crippen molar-refractivity contribution in [2.75, 3.05) is 4.72 Å². The maximum Gasteiger partial charge on any atom is 0.261 e. The van der Waals surface area contributed by atoms with Crippen LogP contribution in [0.1, 0.15) is 16.1 Å². The Morgan fingerprint density at radius 2 is 1.83 bits per heavy atom. The van der Waals surface area contributed by atoms with Crippen LogP contribution in [0.4, 0.5) is 5.69 Å². The molecule has 4 aromatic rings. The Morgan fingerprint density at radius 1 is 1.00 bits per heavy atom. The van der Waals surface area contributed by atoms with Crippen molar-refractivity contribution in [3.05, 3.63) is 90.6 Å². The number of furan rings is 1. The molecular formula is C21H17N3O4S. The van der Waals surface area contributed by atoms with Crippen molar-refractivity contribution in [3.63, 3.8) is 0 Å². The molecule has 0 atom stereocenters. The molecule has 0 spiro atoms. The van der Waals surface area contributed by atoms with Gasteiger partial charge in [-0.1, -0.05) is 30.3 Å². The second-order valence-electron chi connectivity index (χ2n) is 6.30. The minimum absolute atomic E-state index is 0.0950. The standard InChI is InChI=1S/C21H17N3O4S/c25-21(23-13-17-6-3-11-28-17)19-9-10-22-14-20(19)24-29(26,27)18-8-7-15-4-1-2-5-16(15)12-18/h1-12,14,24H,13H2,(H,23,25). The number of carbonyl (C=O) groups is 1. The van der Waals surface area contributed by atoms with E-state index in [-0.39, 0.29) is 22.7 Å². The highest BCUT2D eigenvalue weighted by atomic mass is 32.2. The van der Waals surface area contributed by atoms with E-state index in [2.05, 4.69) is 15.0 Å². The Morgan fingerprint density at radius 3 is 2.62 bits per heavy atom. The topological polar surface area (TPSA) is 101 Å². The van der Waals surface area contributed by atoms with Gasteiger partial charge < -0.3 is 9.73 Å². The van der Waals surface area contributed by atoms with E-state index >= 15 is 0 Å². The van der Waals surface area contributed by atoms with Crippen LogP contribution < -0.4 is 10.0 Å². The molecule has 0 unspecified atom stereocenters. The first-order chi connectivity index (χ1) is 14.0. The molecule has 1 amide bonds. The molecule has 0 aliphatic rings. The lowest BCUT2D eigenvalue weighted by Crippen LogP contribution is -2.25. The highest BCUT2D eigenvalue weighted by molar-refractivity contribution is 7.92. The number of aromatic nitrogens is 1. The van der Waals surface area contributed by atoms with Gasteiger partial charge in [0.1, 0.15) is 5.76 Å². The summed E-state index contributed by atoms with van der Waals surface area (Å²) in [6, 6.07) is 17.2. The Kier molecular flexibility index (Phi) is 5.01. The lowest BCUT2D eigenvalue weighted by molar-refractivity contribution is 0.0949. The van der Waals surface area contributed by atoms with Gasteiger partial charge >= 0.3 is 0 Å². The summed E-state index contributed by atoms with van der Waals surface area (Å²) >= 11 is 0. The van der Waals surface area contributed by atoms with E-state index in [0.717, 1.165) is 10.8 Å². The molecule has 0 bridgehead atoms. The summed E-state index contributed by atoms with van der Waals surface area (Å²) in [6.07, 6.45) is 4.24. The zero-order valence-electron chi connectivity index (χ0n) is 15.2. The average Bonchev–Trinajstić information content (AvgIpc) is 3.25. The third kappa shape index (κ3) is 4.12. The first kappa shape index (κ1) is 18.7. The molecule has 0 saturated heterocycles. The normalized spacial score (nSPS) is 11.3. The maximum absolute atomic E-state index is 12.9. The van der Waals surface area contributed by atoms with Gasteiger partial charge in [-0.05, 0) is 41.1 Å². The first-order valence-electron chi connectivity index (χ1n) is 8.79. The maximum atomic E-state index is 12.9. The summed E-state index contributed by atoms with van der Waals surface area (Å²) in [6.45, 7) is 0.186. The molecule has 2 aromatic heterocycles. The Hall–Kier alpha value is -3.65. The number of sulfonamides is 1. The minimum atomic E-state index is -3.91. The van der Waals surface area contributed by atoms with Crippen molar-refractivity contribution in [1.29, 1.82) is 0 Å². The number of anilines is 1. The Bertz CT molecular complexity index is 1270. The number of fused-ring (bicyclic) bond motifs is 1. The molecule has 0 aliphatic heterocycles. The molecule has 146 valence electrons. The zero-order valence-corrected chi connectivity index (χ0v) is 16.0. The van der Waals surface area contributed by atoms with Crippen LogP contribution in [0.2, 0.25) is 0 Å². The SMILES string of the molecule is O=C(NCc1ccco1)c1ccncc1NS(=O)(=O)c1ccc2ccccc2c1. The number of hydrogen-bond donors (Lipinski definition) is 2. The number of nitrogens with one attached hydrogen (secondary N) is 2. The molecule has 2 heterocycles. The second-order valence-corrected chi connectivity index (χ2v) is 7.98. The summed E-state index contributed by atoms with van der Waals surface area (Å²) in [5.41, 5.74) is 0.258. The largest absolute Gasteiger partial charge is 0.467 e. The quantitative estimate of drug-likeness (QED) is 0.509. The fraction of sp³-hybridized carbons (Fsp3) is 0.0476. The van der Waals surface area contributed by atoms with Gasteiger partial charge in [0.2, 0.25) is 0 Å². The molecule has 0 aliphatic carbocycles. The zero-order chi connectivity index (χ0) is 20.3. The van der Waals surface area contributed by atoms with Gasteiger partial charge in [0.15, 0.2) is 0 Å². The van der Waals surface area contributed by atoms with Gasteiger partial charge in [0.05, 0.1) is 35.2 Å². The second kappa shape index (κ2) is 7.76. The van der Waals surface area contributed by atoms with Crippen LogP contribution in [-0.4, -0.2) is 19.3 Å². The van der Waals surface area contributed by atoms with E-state index in [4.69, 9.17) is 4.42 Å². The molecule has 4 rings (SSSR count). The third-order valence-electron chi connectivity index (χ3n) is 4.34. The lowest BCUT2D eigenvalue weighted by atomic mass is 10.1. The van der Waals surface area contributed by atoms with Crippen LogP contribution in [0.3, 0.4) is 0 Å². The van der Waals surface area contributed by atoms with Gasteiger partial charge in [-0.3, -0.25) is 14.5 Å². The number of benzene rings is 2. The summed E-state index contributed by atoms with van der Waals surface area (Å²) in [5.74, 6) is 0.144. The number of nitrogens with zero attached hydrogens (tertiary/aromatic N) is 1.